The number of rotatable bonds is 0. The first kappa shape index (κ1) is 11.0. The molecule has 2 rings (SSSR count). The van der Waals surface area contributed by atoms with Crippen molar-refractivity contribution in [3.8, 4) is 0 Å². The fourth-order valence-corrected chi connectivity index (χ4v) is 1.78. The van der Waals surface area contributed by atoms with Gasteiger partial charge in [-0.2, -0.15) is 0 Å². The zero-order valence-electron chi connectivity index (χ0n) is 9.91. The molecule has 1 heterocycles. The third kappa shape index (κ3) is 2.18. The summed E-state index contributed by atoms with van der Waals surface area (Å²) < 4.78 is 5.35. The molecule has 0 aliphatic carbocycles. The Balaban J connectivity index is 2.16. The molecule has 1 aliphatic rings. The molecule has 0 unspecified atom stereocenters. The van der Waals surface area contributed by atoms with Crippen LogP contribution in [0.1, 0.15) is 26.3 Å². The highest BCUT2D eigenvalue weighted by atomic mass is 16.6. The van der Waals surface area contributed by atoms with Gasteiger partial charge in [-0.25, -0.2) is 4.79 Å². The van der Waals surface area contributed by atoms with Crippen molar-refractivity contribution in [2.75, 3.05) is 11.4 Å². The molecular weight excluding hydrogens is 202 g/mol. The van der Waals surface area contributed by atoms with Crippen molar-refractivity contribution >= 4 is 11.8 Å². The van der Waals surface area contributed by atoms with Crippen molar-refractivity contribution in [2.24, 2.45) is 0 Å². The Morgan fingerprint density at radius 1 is 1.50 bits per heavy atom. The van der Waals surface area contributed by atoms with E-state index in [0.29, 0.717) is 6.54 Å². The number of amides is 1. The largest absolute Gasteiger partial charge is 0.443 e. The van der Waals surface area contributed by atoms with Gasteiger partial charge >= 0.3 is 6.09 Å². The van der Waals surface area contributed by atoms with E-state index in [1.165, 1.54) is 5.56 Å². The van der Waals surface area contributed by atoms with Gasteiger partial charge in [0, 0.05) is 6.54 Å². The minimum atomic E-state index is -0.446. The summed E-state index contributed by atoms with van der Waals surface area (Å²) in [5, 5.41) is 0. The molecule has 0 saturated heterocycles. The highest BCUT2D eigenvalue weighted by Gasteiger charge is 2.28. The first-order chi connectivity index (χ1) is 7.47. The van der Waals surface area contributed by atoms with Crippen LogP contribution in [-0.4, -0.2) is 18.2 Å². The summed E-state index contributed by atoms with van der Waals surface area (Å²) in [6.07, 6.45) is 0.620. The molecule has 85 valence electrons. The SMILES string of the molecule is CC(C)(C)OC(=O)N1CCc2cc[c]cc21. The van der Waals surface area contributed by atoms with Gasteiger partial charge in [-0.15, -0.1) is 0 Å². The second kappa shape index (κ2) is 3.81. The van der Waals surface area contributed by atoms with E-state index in [2.05, 4.69) is 6.07 Å². The Morgan fingerprint density at radius 2 is 2.25 bits per heavy atom. The third-order valence-corrected chi connectivity index (χ3v) is 2.44. The zero-order chi connectivity index (χ0) is 11.8. The van der Waals surface area contributed by atoms with Crippen LogP contribution in [0.25, 0.3) is 0 Å². The topological polar surface area (TPSA) is 29.5 Å². The van der Waals surface area contributed by atoms with E-state index in [-0.39, 0.29) is 6.09 Å². The van der Waals surface area contributed by atoms with Gasteiger partial charge in [0.05, 0.1) is 5.69 Å². The number of anilines is 1. The molecule has 16 heavy (non-hydrogen) atoms. The number of nitrogens with zero attached hydrogens (tertiary/aromatic N) is 1. The number of hydrogen-bond acceptors (Lipinski definition) is 2. The third-order valence-electron chi connectivity index (χ3n) is 2.44. The molecule has 0 bridgehead atoms. The standard InChI is InChI=1S/C13H16NO2/c1-13(2,3)16-12(15)14-9-8-10-6-4-5-7-11(10)14/h4,6-7H,8-9H2,1-3H3. The van der Waals surface area contributed by atoms with Crippen LogP contribution in [0.5, 0.6) is 0 Å². The number of hydrogen-bond donors (Lipinski definition) is 0. The Morgan fingerprint density at radius 3 is 2.94 bits per heavy atom. The molecule has 0 N–H and O–H groups in total. The van der Waals surface area contributed by atoms with Crippen molar-refractivity contribution in [3.05, 3.63) is 29.8 Å². The number of carbonyl (C=O) groups excluding carboxylic acids is 1. The van der Waals surface area contributed by atoms with E-state index < -0.39 is 5.60 Å². The molecule has 0 spiro atoms. The monoisotopic (exact) mass is 218 g/mol. The quantitative estimate of drug-likeness (QED) is 0.670. The lowest BCUT2D eigenvalue weighted by Gasteiger charge is -2.24. The summed E-state index contributed by atoms with van der Waals surface area (Å²) in [5.74, 6) is 0. The van der Waals surface area contributed by atoms with Crippen LogP contribution in [-0.2, 0) is 11.2 Å². The van der Waals surface area contributed by atoms with E-state index in [1.54, 1.807) is 4.90 Å². The van der Waals surface area contributed by atoms with Crippen LogP contribution in [0, 0.1) is 6.07 Å². The smallest absolute Gasteiger partial charge is 0.414 e. The fourth-order valence-electron chi connectivity index (χ4n) is 1.78. The van der Waals surface area contributed by atoms with Gasteiger partial charge in [0.1, 0.15) is 5.60 Å². The average Bonchev–Trinajstić information content (AvgIpc) is 2.58. The maximum atomic E-state index is 11.9. The maximum absolute atomic E-state index is 11.9. The summed E-state index contributed by atoms with van der Waals surface area (Å²) in [6.45, 7) is 6.32. The van der Waals surface area contributed by atoms with Crippen molar-refractivity contribution in [1.29, 1.82) is 0 Å². The predicted molar refractivity (Wildman–Crippen MR) is 62.6 cm³/mol. The van der Waals surface area contributed by atoms with E-state index in [1.807, 2.05) is 39.0 Å². The van der Waals surface area contributed by atoms with Gasteiger partial charge in [0.15, 0.2) is 0 Å². The maximum Gasteiger partial charge on any atom is 0.414 e. The molecule has 0 aromatic heterocycles. The second-order valence-electron chi connectivity index (χ2n) is 4.94. The van der Waals surface area contributed by atoms with Crippen molar-refractivity contribution in [3.63, 3.8) is 0 Å². The minimum absolute atomic E-state index is 0.272. The number of fused-ring (bicyclic) bond motifs is 1. The minimum Gasteiger partial charge on any atom is -0.443 e. The molecule has 3 nitrogen and oxygen atoms in total. The molecule has 0 atom stereocenters. The Hall–Kier alpha value is -1.51. The van der Waals surface area contributed by atoms with Crippen molar-refractivity contribution < 1.29 is 9.53 Å². The summed E-state index contributed by atoms with van der Waals surface area (Å²) in [4.78, 5) is 13.6. The highest BCUT2D eigenvalue weighted by molar-refractivity contribution is 5.90. The van der Waals surface area contributed by atoms with Crippen molar-refractivity contribution in [2.45, 2.75) is 32.8 Å². The van der Waals surface area contributed by atoms with Crippen LogP contribution in [0.3, 0.4) is 0 Å². The Bertz CT molecular complexity index is 407. The predicted octanol–water partition coefficient (Wildman–Crippen LogP) is 2.78. The van der Waals surface area contributed by atoms with Crippen LogP contribution >= 0.6 is 0 Å². The van der Waals surface area contributed by atoms with E-state index in [4.69, 9.17) is 4.74 Å². The van der Waals surface area contributed by atoms with Crippen LogP contribution in [0.4, 0.5) is 10.5 Å². The Labute approximate surface area is 96.0 Å². The molecule has 1 radical (unpaired) electrons. The van der Waals surface area contributed by atoms with E-state index >= 15 is 0 Å². The van der Waals surface area contributed by atoms with Gasteiger partial charge in [-0.05, 0) is 44.9 Å². The molecule has 1 aromatic rings. The van der Waals surface area contributed by atoms with Gasteiger partial charge in [0.2, 0.25) is 0 Å². The molecule has 3 heteroatoms. The zero-order valence-corrected chi connectivity index (χ0v) is 9.91. The van der Waals surface area contributed by atoms with Gasteiger partial charge in [-0.3, -0.25) is 4.90 Å². The fraction of sp³-hybridized carbons (Fsp3) is 0.462. The number of carbonyl (C=O) groups is 1. The Kier molecular flexibility index (Phi) is 2.62. The summed E-state index contributed by atoms with van der Waals surface area (Å²) in [5.41, 5.74) is 1.67. The lowest BCUT2D eigenvalue weighted by atomic mass is 10.2. The van der Waals surface area contributed by atoms with Crippen molar-refractivity contribution in [1.82, 2.24) is 0 Å². The van der Waals surface area contributed by atoms with Crippen LogP contribution in [0.15, 0.2) is 18.2 Å². The summed E-state index contributed by atoms with van der Waals surface area (Å²) in [6, 6.07) is 8.70. The number of ether oxygens (including phenoxy) is 1. The highest BCUT2D eigenvalue weighted by Crippen LogP contribution is 2.28. The first-order valence-electron chi connectivity index (χ1n) is 5.47. The van der Waals surface area contributed by atoms with Crippen LogP contribution < -0.4 is 4.90 Å². The lowest BCUT2D eigenvalue weighted by molar-refractivity contribution is 0.0584. The molecule has 0 fully saturated rings. The lowest BCUT2D eigenvalue weighted by Crippen LogP contribution is -2.35. The molecule has 1 amide bonds. The summed E-state index contributed by atoms with van der Waals surface area (Å²) >= 11 is 0. The van der Waals surface area contributed by atoms with Gasteiger partial charge in [0.25, 0.3) is 0 Å². The molecular formula is C13H16NO2. The second-order valence-corrected chi connectivity index (χ2v) is 4.94. The molecule has 1 aliphatic heterocycles. The first-order valence-corrected chi connectivity index (χ1v) is 5.47. The van der Waals surface area contributed by atoms with Gasteiger partial charge < -0.3 is 4.74 Å². The average molecular weight is 218 g/mol. The summed E-state index contributed by atoms with van der Waals surface area (Å²) in [7, 11) is 0. The van der Waals surface area contributed by atoms with E-state index in [9.17, 15) is 4.79 Å². The van der Waals surface area contributed by atoms with Gasteiger partial charge in [-0.1, -0.05) is 12.1 Å². The molecule has 0 saturated carbocycles. The van der Waals surface area contributed by atoms with E-state index in [0.717, 1.165) is 12.1 Å². The number of benzene rings is 1. The normalized spacial score (nSPS) is 14.8. The molecule has 1 aromatic carbocycles. The van der Waals surface area contributed by atoms with Crippen LogP contribution in [0.2, 0.25) is 0 Å².